The quantitative estimate of drug-likeness (QED) is 0.868. The molecule has 2 heterocycles. The van der Waals surface area contributed by atoms with E-state index in [0.717, 1.165) is 30.6 Å². The number of aliphatic carboxylic acids is 1. The zero-order valence-corrected chi connectivity index (χ0v) is 14.0. The predicted octanol–water partition coefficient (Wildman–Crippen LogP) is 2.05. The van der Waals surface area contributed by atoms with Crippen LogP contribution in [-0.4, -0.2) is 50.0 Å². The molecule has 1 aliphatic rings. The van der Waals surface area contributed by atoms with Crippen LogP contribution in [0.4, 0.5) is 0 Å². The highest BCUT2D eigenvalue weighted by molar-refractivity contribution is 5.76. The van der Waals surface area contributed by atoms with E-state index < -0.39 is 5.97 Å². The highest BCUT2D eigenvalue weighted by atomic mass is 16.4. The van der Waals surface area contributed by atoms with Gasteiger partial charge in [-0.3, -0.25) is 9.59 Å². The molecule has 0 spiro atoms. The molecular weight excluding hydrogens is 320 g/mol. The van der Waals surface area contributed by atoms with Crippen molar-refractivity contribution in [3.05, 3.63) is 36.5 Å². The van der Waals surface area contributed by atoms with Gasteiger partial charge in [-0.25, -0.2) is 4.68 Å². The number of piperidine rings is 1. The summed E-state index contributed by atoms with van der Waals surface area (Å²) in [5.41, 5.74) is 1.71. The largest absolute Gasteiger partial charge is 0.481 e. The van der Waals surface area contributed by atoms with E-state index in [2.05, 4.69) is 10.3 Å². The van der Waals surface area contributed by atoms with E-state index in [-0.39, 0.29) is 24.8 Å². The first-order valence-electron chi connectivity index (χ1n) is 8.57. The molecule has 0 unspecified atom stereocenters. The minimum atomic E-state index is -0.778. The van der Waals surface area contributed by atoms with Gasteiger partial charge in [0.2, 0.25) is 5.91 Å². The Morgan fingerprint density at radius 1 is 1.24 bits per heavy atom. The number of benzene rings is 1. The number of carboxylic acid groups (broad SMARTS) is 1. The van der Waals surface area contributed by atoms with Crippen LogP contribution >= 0.6 is 0 Å². The van der Waals surface area contributed by atoms with Gasteiger partial charge in [-0.1, -0.05) is 35.5 Å². The molecular formula is C18H22N4O3. The molecule has 7 heteroatoms. The van der Waals surface area contributed by atoms with Crippen molar-refractivity contribution >= 4 is 11.9 Å². The number of rotatable bonds is 6. The third-order valence-electron chi connectivity index (χ3n) is 4.54. The highest BCUT2D eigenvalue weighted by Gasteiger charge is 2.24. The molecule has 1 atom stereocenters. The van der Waals surface area contributed by atoms with Crippen LogP contribution in [0, 0.1) is 5.92 Å². The maximum Gasteiger partial charge on any atom is 0.303 e. The second kappa shape index (κ2) is 7.92. The first kappa shape index (κ1) is 17.1. The lowest BCUT2D eigenvalue weighted by molar-refractivity contribution is -0.137. The number of hydrogen-bond donors (Lipinski definition) is 1. The molecule has 1 aromatic heterocycles. The van der Waals surface area contributed by atoms with Crippen molar-refractivity contribution in [2.75, 3.05) is 13.1 Å². The van der Waals surface area contributed by atoms with Crippen LogP contribution in [0.2, 0.25) is 0 Å². The molecule has 0 aliphatic carbocycles. The standard InChI is InChI=1S/C18H22N4O3/c23-17(21-10-4-5-14(11-21)8-9-18(24)25)13-22-12-16(19-20-22)15-6-2-1-3-7-15/h1-3,6-7,12,14H,4-5,8-11,13H2,(H,24,25)/t14-/m0/s1. The maximum atomic E-state index is 12.5. The van der Waals surface area contributed by atoms with Crippen LogP contribution < -0.4 is 0 Å². The molecule has 1 N–H and O–H groups in total. The van der Waals surface area contributed by atoms with E-state index in [1.807, 2.05) is 35.2 Å². The van der Waals surface area contributed by atoms with E-state index in [0.29, 0.717) is 13.0 Å². The van der Waals surface area contributed by atoms with Crippen LogP contribution in [-0.2, 0) is 16.1 Å². The Morgan fingerprint density at radius 3 is 2.80 bits per heavy atom. The van der Waals surface area contributed by atoms with Gasteiger partial charge in [0.25, 0.3) is 0 Å². The molecule has 132 valence electrons. The summed E-state index contributed by atoms with van der Waals surface area (Å²) in [5, 5.41) is 17.0. The minimum absolute atomic E-state index is 0.00420. The summed E-state index contributed by atoms with van der Waals surface area (Å²) in [7, 11) is 0. The number of likely N-dealkylation sites (tertiary alicyclic amines) is 1. The van der Waals surface area contributed by atoms with E-state index in [1.165, 1.54) is 0 Å². The molecule has 1 saturated heterocycles. The third-order valence-corrected chi connectivity index (χ3v) is 4.54. The Hall–Kier alpha value is -2.70. The molecule has 1 fully saturated rings. The smallest absolute Gasteiger partial charge is 0.303 e. The third kappa shape index (κ3) is 4.65. The van der Waals surface area contributed by atoms with E-state index in [4.69, 9.17) is 5.11 Å². The summed E-state index contributed by atoms with van der Waals surface area (Å²) in [4.78, 5) is 25.1. The first-order valence-corrected chi connectivity index (χ1v) is 8.57. The van der Waals surface area contributed by atoms with Crippen molar-refractivity contribution in [3.63, 3.8) is 0 Å². The lowest BCUT2D eigenvalue weighted by Crippen LogP contribution is -2.41. The van der Waals surface area contributed by atoms with Crippen molar-refractivity contribution < 1.29 is 14.7 Å². The Balaban J connectivity index is 1.57. The van der Waals surface area contributed by atoms with Gasteiger partial charge in [0.1, 0.15) is 12.2 Å². The number of aromatic nitrogens is 3. The van der Waals surface area contributed by atoms with Crippen molar-refractivity contribution in [3.8, 4) is 11.3 Å². The van der Waals surface area contributed by atoms with Crippen molar-refractivity contribution in [2.24, 2.45) is 5.92 Å². The number of carboxylic acids is 1. The Bertz CT molecular complexity index is 729. The SMILES string of the molecule is O=C(O)CC[C@@H]1CCCN(C(=O)Cn2cc(-c3ccccc3)nn2)C1. The topological polar surface area (TPSA) is 88.3 Å². The molecule has 0 radical (unpaired) electrons. The average molecular weight is 342 g/mol. The molecule has 3 rings (SSSR count). The van der Waals surface area contributed by atoms with E-state index >= 15 is 0 Å². The van der Waals surface area contributed by atoms with Crippen LogP contribution in [0.25, 0.3) is 11.3 Å². The molecule has 0 bridgehead atoms. The molecule has 7 nitrogen and oxygen atoms in total. The van der Waals surface area contributed by atoms with Gasteiger partial charge >= 0.3 is 5.97 Å². The summed E-state index contributed by atoms with van der Waals surface area (Å²) in [6.07, 6.45) is 4.47. The lowest BCUT2D eigenvalue weighted by Gasteiger charge is -2.32. The fourth-order valence-electron chi connectivity index (χ4n) is 3.21. The number of hydrogen-bond acceptors (Lipinski definition) is 4. The summed E-state index contributed by atoms with van der Waals surface area (Å²) >= 11 is 0. The highest BCUT2D eigenvalue weighted by Crippen LogP contribution is 2.21. The average Bonchev–Trinajstić information content (AvgIpc) is 3.09. The van der Waals surface area contributed by atoms with Crippen molar-refractivity contribution in [2.45, 2.75) is 32.2 Å². The lowest BCUT2D eigenvalue weighted by atomic mass is 9.93. The Morgan fingerprint density at radius 2 is 2.04 bits per heavy atom. The van der Waals surface area contributed by atoms with E-state index in [9.17, 15) is 9.59 Å². The van der Waals surface area contributed by atoms with Gasteiger partial charge < -0.3 is 10.0 Å². The second-order valence-electron chi connectivity index (χ2n) is 6.45. The molecule has 0 saturated carbocycles. The predicted molar refractivity (Wildman–Crippen MR) is 91.6 cm³/mol. The van der Waals surface area contributed by atoms with Gasteiger partial charge in [0.15, 0.2) is 0 Å². The van der Waals surface area contributed by atoms with Crippen LogP contribution in [0.15, 0.2) is 36.5 Å². The maximum absolute atomic E-state index is 12.5. The fourth-order valence-corrected chi connectivity index (χ4v) is 3.21. The normalized spacial score (nSPS) is 17.4. The van der Waals surface area contributed by atoms with Gasteiger partial charge in [-0.15, -0.1) is 5.10 Å². The summed E-state index contributed by atoms with van der Waals surface area (Å²) in [6.45, 7) is 1.51. The molecule has 2 aromatic rings. The second-order valence-corrected chi connectivity index (χ2v) is 6.45. The first-order chi connectivity index (χ1) is 12.1. The summed E-state index contributed by atoms with van der Waals surface area (Å²) < 4.78 is 1.56. The van der Waals surface area contributed by atoms with Crippen LogP contribution in [0.1, 0.15) is 25.7 Å². The monoisotopic (exact) mass is 342 g/mol. The molecule has 1 aliphatic heterocycles. The zero-order valence-electron chi connectivity index (χ0n) is 14.0. The minimum Gasteiger partial charge on any atom is -0.481 e. The molecule has 1 amide bonds. The van der Waals surface area contributed by atoms with Crippen LogP contribution in [0.3, 0.4) is 0 Å². The Labute approximate surface area is 146 Å². The Kier molecular flexibility index (Phi) is 5.42. The van der Waals surface area contributed by atoms with Crippen LogP contribution in [0.5, 0.6) is 0 Å². The van der Waals surface area contributed by atoms with Gasteiger partial charge in [0, 0.05) is 25.1 Å². The number of amides is 1. The molecule has 1 aromatic carbocycles. The van der Waals surface area contributed by atoms with Gasteiger partial charge in [0.05, 0.1) is 6.20 Å². The van der Waals surface area contributed by atoms with Crippen molar-refractivity contribution in [1.29, 1.82) is 0 Å². The number of carbonyl (C=O) groups excluding carboxylic acids is 1. The fraction of sp³-hybridized carbons (Fsp3) is 0.444. The summed E-state index contributed by atoms with van der Waals surface area (Å²) in [6, 6.07) is 9.71. The summed E-state index contributed by atoms with van der Waals surface area (Å²) in [5.74, 6) is -0.506. The number of nitrogens with zero attached hydrogens (tertiary/aromatic N) is 4. The van der Waals surface area contributed by atoms with Gasteiger partial charge in [-0.05, 0) is 25.2 Å². The molecule has 25 heavy (non-hydrogen) atoms. The number of carbonyl (C=O) groups is 2. The zero-order chi connectivity index (χ0) is 17.6. The van der Waals surface area contributed by atoms with Gasteiger partial charge in [-0.2, -0.15) is 0 Å². The van der Waals surface area contributed by atoms with Crippen molar-refractivity contribution in [1.82, 2.24) is 19.9 Å². The van der Waals surface area contributed by atoms with E-state index in [1.54, 1.807) is 10.9 Å².